The Morgan fingerprint density at radius 1 is 1.05 bits per heavy atom. The summed E-state index contributed by atoms with van der Waals surface area (Å²) in [6.07, 6.45) is 2.58. The Balaban J connectivity index is 1.86. The van der Waals surface area contributed by atoms with Gasteiger partial charge in [0, 0.05) is 5.33 Å². The Morgan fingerprint density at radius 2 is 1.67 bits per heavy atom. The van der Waals surface area contributed by atoms with E-state index in [0.29, 0.717) is 5.92 Å². The van der Waals surface area contributed by atoms with Crippen LogP contribution in [0.1, 0.15) is 50.0 Å². The van der Waals surface area contributed by atoms with Crippen molar-refractivity contribution in [3.05, 3.63) is 29.8 Å². The van der Waals surface area contributed by atoms with E-state index in [2.05, 4.69) is 20.7 Å². The molecule has 1 nitrogen and oxygen atoms in total. The lowest BCUT2D eigenvalue weighted by molar-refractivity contribution is -0.274. The summed E-state index contributed by atoms with van der Waals surface area (Å²) in [7, 11) is 0. The van der Waals surface area contributed by atoms with Gasteiger partial charge in [-0.2, -0.15) is 0 Å². The second-order valence-corrected chi connectivity index (χ2v) is 6.46. The predicted molar refractivity (Wildman–Crippen MR) is 80.9 cm³/mol. The second kappa shape index (κ2) is 7.52. The third kappa shape index (κ3) is 5.53. The molecule has 0 spiro atoms. The Morgan fingerprint density at radius 3 is 2.19 bits per heavy atom. The molecule has 0 N–H and O–H groups in total. The van der Waals surface area contributed by atoms with Crippen LogP contribution in [0.2, 0.25) is 0 Å². The Hall–Kier alpha value is -0.710. The molecule has 0 atom stereocenters. The van der Waals surface area contributed by atoms with Crippen LogP contribution in [0.3, 0.4) is 0 Å². The topological polar surface area (TPSA) is 9.23 Å². The van der Waals surface area contributed by atoms with Crippen LogP contribution < -0.4 is 4.74 Å². The molecule has 0 amide bonds. The number of alkyl halides is 4. The first-order valence-corrected chi connectivity index (χ1v) is 8.52. The first-order chi connectivity index (χ1) is 9.98. The Kier molecular flexibility index (Phi) is 5.97. The van der Waals surface area contributed by atoms with Crippen molar-refractivity contribution < 1.29 is 17.9 Å². The molecule has 118 valence electrons. The van der Waals surface area contributed by atoms with Crippen LogP contribution in [0.15, 0.2) is 24.3 Å². The molecular weight excluding hydrogens is 345 g/mol. The predicted octanol–water partition coefficient (Wildman–Crippen LogP) is 6.03. The van der Waals surface area contributed by atoms with Crippen molar-refractivity contribution in [1.29, 1.82) is 0 Å². The summed E-state index contributed by atoms with van der Waals surface area (Å²) >= 11 is 3.46. The maximum Gasteiger partial charge on any atom is 0.573 e. The van der Waals surface area contributed by atoms with Crippen molar-refractivity contribution in [2.45, 2.75) is 50.8 Å². The number of rotatable bonds is 5. The van der Waals surface area contributed by atoms with Crippen LogP contribution in [0.4, 0.5) is 13.2 Å². The summed E-state index contributed by atoms with van der Waals surface area (Å²) in [6, 6.07) is 6.37. The zero-order chi connectivity index (χ0) is 15.3. The van der Waals surface area contributed by atoms with Gasteiger partial charge in [-0.05, 0) is 68.1 Å². The molecule has 0 heterocycles. The number of hydrogen-bond donors (Lipinski definition) is 0. The Labute approximate surface area is 132 Å². The van der Waals surface area contributed by atoms with E-state index in [0.717, 1.165) is 29.7 Å². The fraction of sp³-hybridized carbons (Fsp3) is 0.625. The molecule has 0 unspecified atom stereocenters. The van der Waals surface area contributed by atoms with Crippen LogP contribution in [0.25, 0.3) is 0 Å². The minimum absolute atomic E-state index is 0.141. The van der Waals surface area contributed by atoms with E-state index < -0.39 is 6.36 Å². The van der Waals surface area contributed by atoms with E-state index in [-0.39, 0.29) is 5.75 Å². The molecule has 1 fully saturated rings. The van der Waals surface area contributed by atoms with Gasteiger partial charge >= 0.3 is 6.36 Å². The van der Waals surface area contributed by atoms with Crippen LogP contribution in [-0.4, -0.2) is 11.7 Å². The maximum absolute atomic E-state index is 12.1. The largest absolute Gasteiger partial charge is 0.573 e. The van der Waals surface area contributed by atoms with Gasteiger partial charge in [-0.1, -0.05) is 28.1 Å². The number of benzene rings is 1. The van der Waals surface area contributed by atoms with E-state index in [9.17, 15) is 13.2 Å². The van der Waals surface area contributed by atoms with Crippen molar-refractivity contribution in [3.63, 3.8) is 0 Å². The minimum atomic E-state index is -4.62. The molecule has 1 aliphatic carbocycles. The first kappa shape index (κ1) is 16.7. The molecule has 1 aromatic carbocycles. The van der Waals surface area contributed by atoms with Crippen molar-refractivity contribution >= 4 is 15.9 Å². The lowest BCUT2D eigenvalue weighted by Gasteiger charge is -2.28. The molecule has 1 aliphatic rings. The van der Waals surface area contributed by atoms with Crippen LogP contribution >= 0.6 is 15.9 Å². The van der Waals surface area contributed by atoms with Crippen molar-refractivity contribution in [1.82, 2.24) is 0 Å². The monoisotopic (exact) mass is 364 g/mol. The third-order valence-electron chi connectivity index (χ3n) is 4.18. The zero-order valence-corrected chi connectivity index (χ0v) is 13.4. The highest BCUT2D eigenvalue weighted by atomic mass is 79.9. The standard InChI is InChI=1S/C16H20BrF3O/c17-11-1-2-12-3-5-13(6-4-12)14-7-9-15(10-8-14)21-16(18,19)20/h7-10,12-13H,1-6,11H2/t12-,13-. The second-order valence-electron chi connectivity index (χ2n) is 5.67. The first-order valence-electron chi connectivity index (χ1n) is 7.39. The zero-order valence-electron chi connectivity index (χ0n) is 11.8. The number of hydrogen-bond acceptors (Lipinski definition) is 1. The molecule has 0 radical (unpaired) electrons. The van der Waals surface area contributed by atoms with Crippen molar-refractivity contribution in [2.75, 3.05) is 5.33 Å². The summed E-state index contributed by atoms with van der Waals surface area (Å²) in [5, 5.41) is 1.06. The van der Waals surface area contributed by atoms with Crippen LogP contribution in [0.5, 0.6) is 5.75 Å². The van der Waals surface area contributed by atoms with Crippen LogP contribution in [-0.2, 0) is 0 Å². The highest BCUT2D eigenvalue weighted by Gasteiger charge is 2.31. The fourth-order valence-electron chi connectivity index (χ4n) is 3.09. The SMILES string of the molecule is FC(F)(F)Oc1ccc([C@H]2CC[C@H](CCCBr)CC2)cc1. The highest BCUT2D eigenvalue weighted by molar-refractivity contribution is 9.09. The van der Waals surface area contributed by atoms with E-state index in [1.165, 1.54) is 37.8 Å². The molecular formula is C16H20BrF3O. The number of halogens is 4. The van der Waals surface area contributed by atoms with Gasteiger partial charge in [-0.15, -0.1) is 13.2 Å². The van der Waals surface area contributed by atoms with Crippen LogP contribution in [0, 0.1) is 5.92 Å². The molecule has 0 aromatic heterocycles. The summed E-state index contributed by atoms with van der Waals surface area (Å²) in [5.41, 5.74) is 1.13. The quantitative estimate of drug-likeness (QED) is 0.579. The van der Waals surface area contributed by atoms with E-state index in [4.69, 9.17) is 0 Å². The van der Waals surface area contributed by atoms with E-state index in [1.807, 2.05) is 0 Å². The van der Waals surface area contributed by atoms with Gasteiger partial charge in [0.15, 0.2) is 0 Å². The maximum atomic E-state index is 12.1. The lowest BCUT2D eigenvalue weighted by atomic mass is 9.77. The molecule has 2 rings (SSSR count). The average Bonchev–Trinajstić information content (AvgIpc) is 2.45. The molecule has 5 heteroatoms. The molecule has 0 bridgehead atoms. The lowest BCUT2D eigenvalue weighted by Crippen LogP contribution is -2.17. The summed E-state index contributed by atoms with van der Waals surface area (Å²) in [6.45, 7) is 0. The molecule has 0 aliphatic heterocycles. The summed E-state index contributed by atoms with van der Waals surface area (Å²) < 4.78 is 40.2. The highest BCUT2D eigenvalue weighted by Crippen LogP contribution is 2.38. The molecule has 21 heavy (non-hydrogen) atoms. The van der Waals surface area contributed by atoms with Gasteiger partial charge < -0.3 is 4.74 Å². The smallest absolute Gasteiger partial charge is 0.406 e. The minimum Gasteiger partial charge on any atom is -0.406 e. The molecule has 0 saturated heterocycles. The number of ether oxygens (including phenoxy) is 1. The van der Waals surface area contributed by atoms with Gasteiger partial charge in [-0.3, -0.25) is 0 Å². The summed E-state index contributed by atoms with van der Waals surface area (Å²) in [4.78, 5) is 0. The van der Waals surface area contributed by atoms with E-state index in [1.54, 1.807) is 12.1 Å². The van der Waals surface area contributed by atoms with Gasteiger partial charge in [0.2, 0.25) is 0 Å². The fourth-order valence-corrected chi connectivity index (χ4v) is 3.42. The molecule has 1 saturated carbocycles. The normalized spacial score (nSPS) is 23.0. The van der Waals surface area contributed by atoms with Crippen molar-refractivity contribution in [2.24, 2.45) is 5.92 Å². The van der Waals surface area contributed by atoms with E-state index >= 15 is 0 Å². The third-order valence-corrected chi connectivity index (χ3v) is 4.74. The average molecular weight is 365 g/mol. The summed E-state index contributed by atoms with van der Waals surface area (Å²) in [5.74, 6) is 1.15. The molecule has 1 aromatic rings. The Bertz CT molecular complexity index is 422. The van der Waals surface area contributed by atoms with Gasteiger partial charge in [0.1, 0.15) is 5.75 Å². The van der Waals surface area contributed by atoms with Gasteiger partial charge in [0.25, 0.3) is 0 Å². The van der Waals surface area contributed by atoms with Gasteiger partial charge in [0.05, 0.1) is 0 Å². The van der Waals surface area contributed by atoms with Crippen molar-refractivity contribution in [3.8, 4) is 5.75 Å². The van der Waals surface area contributed by atoms with Gasteiger partial charge in [-0.25, -0.2) is 0 Å².